The maximum atomic E-state index is 12.4. The molecule has 1 amide bonds. The molecule has 6 nitrogen and oxygen atoms in total. The largest absolute Gasteiger partial charge is 0.352 e. The molecule has 0 spiro atoms. The first kappa shape index (κ1) is 19.1. The molecule has 0 atom stereocenters. The zero-order valence-corrected chi connectivity index (χ0v) is 16.4. The number of hydrogen-bond donors (Lipinski definition) is 3. The number of anilines is 2. The van der Waals surface area contributed by atoms with E-state index in [2.05, 4.69) is 15.6 Å². The van der Waals surface area contributed by atoms with Gasteiger partial charge in [-0.15, -0.1) is 0 Å². The van der Waals surface area contributed by atoms with Crippen LogP contribution in [0.15, 0.2) is 60.9 Å². The Morgan fingerprint density at radius 3 is 2.79 bits per heavy atom. The van der Waals surface area contributed by atoms with Gasteiger partial charge in [-0.1, -0.05) is 23.7 Å². The van der Waals surface area contributed by atoms with Gasteiger partial charge in [0.15, 0.2) is 0 Å². The van der Waals surface area contributed by atoms with E-state index in [1.165, 1.54) is 0 Å². The molecule has 2 aromatic carbocycles. The van der Waals surface area contributed by atoms with Crippen molar-refractivity contribution in [1.29, 1.82) is 0 Å². The number of nitrogens with zero attached hydrogens (tertiary/aromatic N) is 2. The monoisotopic (exact) mass is 405 g/mol. The van der Waals surface area contributed by atoms with Gasteiger partial charge >= 0.3 is 0 Å². The Bertz CT molecular complexity index is 1190. The standard InChI is InChI=1S/C22H20ClN5O/c23-15-3-1-4-16(12-15)27-21-18-7-10-25-13-19(18)17-6-5-14(11-20(17)28-21)22(29)26-9-2-8-24/h1,3-7,10-13H,2,8-9,24H2,(H,26,29)(H,27,28). The van der Waals surface area contributed by atoms with Crippen LogP contribution >= 0.6 is 11.6 Å². The van der Waals surface area contributed by atoms with Crippen molar-refractivity contribution in [3.8, 4) is 0 Å². The van der Waals surface area contributed by atoms with Crippen LogP contribution in [-0.2, 0) is 0 Å². The number of halogens is 1. The number of carbonyl (C=O) groups excluding carboxylic acids is 1. The molecular formula is C22H20ClN5O. The first-order valence-corrected chi connectivity index (χ1v) is 9.72. The molecule has 7 heteroatoms. The molecule has 2 heterocycles. The Morgan fingerprint density at radius 1 is 1.07 bits per heavy atom. The molecule has 0 radical (unpaired) electrons. The molecule has 146 valence electrons. The molecule has 4 rings (SSSR count). The molecule has 0 fully saturated rings. The number of benzene rings is 2. The van der Waals surface area contributed by atoms with Crippen molar-refractivity contribution in [2.75, 3.05) is 18.4 Å². The SMILES string of the molecule is NCCCNC(=O)c1ccc2c(c1)nc(Nc1cccc(Cl)c1)c1ccncc12. The summed E-state index contributed by atoms with van der Waals surface area (Å²) in [5, 5.41) is 9.67. The zero-order valence-electron chi connectivity index (χ0n) is 15.7. The highest BCUT2D eigenvalue weighted by Gasteiger charge is 2.12. The van der Waals surface area contributed by atoms with Gasteiger partial charge in [-0.25, -0.2) is 4.98 Å². The predicted molar refractivity (Wildman–Crippen MR) is 118 cm³/mol. The van der Waals surface area contributed by atoms with Crippen molar-refractivity contribution >= 4 is 50.7 Å². The first-order chi connectivity index (χ1) is 14.2. The van der Waals surface area contributed by atoms with Gasteiger partial charge in [0.2, 0.25) is 0 Å². The van der Waals surface area contributed by atoms with Crippen LogP contribution in [0, 0.1) is 0 Å². The lowest BCUT2D eigenvalue weighted by molar-refractivity contribution is 0.0953. The van der Waals surface area contributed by atoms with E-state index in [0.717, 1.165) is 28.3 Å². The van der Waals surface area contributed by atoms with E-state index in [0.29, 0.717) is 35.0 Å². The van der Waals surface area contributed by atoms with E-state index in [1.54, 1.807) is 18.3 Å². The van der Waals surface area contributed by atoms with Crippen LogP contribution in [0.3, 0.4) is 0 Å². The summed E-state index contributed by atoms with van der Waals surface area (Å²) in [6, 6.07) is 14.9. The normalized spacial score (nSPS) is 11.0. The molecule has 0 saturated heterocycles. The molecule has 0 aliphatic rings. The number of rotatable bonds is 6. The van der Waals surface area contributed by atoms with E-state index in [-0.39, 0.29) is 5.91 Å². The van der Waals surface area contributed by atoms with Gasteiger partial charge in [0.05, 0.1) is 5.52 Å². The molecule has 0 aliphatic carbocycles. The van der Waals surface area contributed by atoms with Crippen molar-refractivity contribution in [2.45, 2.75) is 6.42 Å². The number of pyridine rings is 2. The Hall–Kier alpha value is -3.22. The van der Waals surface area contributed by atoms with E-state index in [9.17, 15) is 4.79 Å². The fourth-order valence-electron chi connectivity index (χ4n) is 3.19. The average molecular weight is 406 g/mol. The molecule has 0 aliphatic heterocycles. The van der Waals surface area contributed by atoms with Gasteiger partial charge < -0.3 is 16.4 Å². The fourth-order valence-corrected chi connectivity index (χ4v) is 3.38. The molecule has 4 N–H and O–H groups in total. The van der Waals surface area contributed by atoms with Gasteiger partial charge in [-0.05, 0) is 49.4 Å². The molecule has 0 saturated carbocycles. The lowest BCUT2D eigenvalue weighted by atomic mass is 10.1. The van der Waals surface area contributed by atoms with Gasteiger partial charge in [0.25, 0.3) is 5.91 Å². The van der Waals surface area contributed by atoms with Crippen LogP contribution in [0.5, 0.6) is 0 Å². The van der Waals surface area contributed by atoms with Crippen molar-refractivity contribution in [3.05, 3.63) is 71.5 Å². The van der Waals surface area contributed by atoms with Gasteiger partial charge in [0.1, 0.15) is 5.82 Å². The number of nitrogens with two attached hydrogens (primary N) is 1. The quantitative estimate of drug-likeness (QED) is 0.329. The summed E-state index contributed by atoms with van der Waals surface area (Å²) < 4.78 is 0. The lowest BCUT2D eigenvalue weighted by Crippen LogP contribution is -2.25. The Labute approximate surface area is 173 Å². The van der Waals surface area contributed by atoms with Gasteiger partial charge in [-0.2, -0.15) is 0 Å². The highest BCUT2D eigenvalue weighted by atomic mass is 35.5. The first-order valence-electron chi connectivity index (χ1n) is 9.34. The Kier molecular flexibility index (Phi) is 5.55. The van der Waals surface area contributed by atoms with Gasteiger partial charge in [0, 0.05) is 51.4 Å². The number of nitrogens with one attached hydrogen (secondary N) is 2. The summed E-state index contributed by atoms with van der Waals surface area (Å²) in [5.74, 6) is 0.538. The molecular weight excluding hydrogens is 386 g/mol. The van der Waals surface area contributed by atoms with E-state index >= 15 is 0 Å². The summed E-state index contributed by atoms with van der Waals surface area (Å²) in [4.78, 5) is 21.5. The number of carbonyl (C=O) groups is 1. The van der Waals surface area contributed by atoms with Crippen LogP contribution in [0.4, 0.5) is 11.5 Å². The molecule has 0 unspecified atom stereocenters. The molecule has 29 heavy (non-hydrogen) atoms. The van der Waals surface area contributed by atoms with Crippen LogP contribution in [0.25, 0.3) is 21.7 Å². The van der Waals surface area contributed by atoms with Crippen LogP contribution in [-0.4, -0.2) is 29.0 Å². The number of amides is 1. The zero-order chi connectivity index (χ0) is 20.2. The van der Waals surface area contributed by atoms with Crippen molar-refractivity contribution in [1.82, 2.24) is 15.3 Å². The highest BCUT2D eigenvalue weighted by molar-refractivity contribution is 6.30. The van der Waals surface area contributed by atoms with Gasteiger partial charge in [-0.3, -0.25) is 9.78 Å². The lowest BCUT2D eigenvalue weighted by Gasteiger charge is -2.12. The molecule has 0 bridgehead atoms. The van der Waals surface area contributed by atoms with Crippen molar-refractivity contribution in [3.63, 3.8) is 0 Å². The summed E-state index contributed by atoms with van der Waals surface area (Å²) in [5.41, 5.74) is 7.58. The van der Waals surface area contributed by atoms with E-state index in [1.807, 2.05) is 42.6 Å². The van der Waals surface area contributed by atoms with Crippen molar-refractivity contribution in [2.24, 2.45) is 5.73 Å². The Morgan fingerprint density at radius 2 is 1.97 bits per heavy atom. The Balaban J connectivity index is 1.78. The fraction of sp³-hybridized carbons (Fsp3) is 0.136. The third kappa shape index (κ3) is 4.13. The maximum Gasteiger partial charge on any atom is 0.251 e. The highest BCUT2D eigenvalue weighted by Crippen LogP contribution is 2.31. The second kappa shape index (κ2) is 8.43. The molecule has 4 aromatic rings. The summed E-state index contributed by atoms with van der Waals surface area (Å²) in [7, 11) is 0. The summed E-state index contributed by atoms with van der Waals surface area (Å²) in [6.45, 7) is 1.08. The maximum absolute atomic E-state index is 12.4. The third-order valence-electron chi connectivity index (χ3n) is 4.61. The van der Waals surface area contributed by atoms with Crippen LogP contribution < -0.4 is 16.4 Å². The second-order valence-electron chi connectivity index (χ2n) is 6.65. The van der Waals surface area contributed by atoms with Crippen LogP contribution in [0.1, 0.15) is 16.8 Å². The minimum atomic E-state index is -0.141. The minimum absolute atomic E-state index is 0.141. The average Bonchev–Trinajstić information content (AvgIpc) is 2.73. The summed E-state index contributed by atoms with van der Waals surface area (Å²) in [6.07, 6.45) is 4.28. The number of hydrogen-bond acceptors (Lipinski definition) is 5. The summed E-state index contributed by atoms with van der Waals surface area (Å²) >= 11 is 6.11. The van der Waals surface area contributed by atoms with Crippen molar-refractivity contribution < 1.29 is 4.79 Å². The number of aromatic nitrogens is 2. The third-order valence-corrected chi connectivity index (χ3v) is 4.85. The smallest absolute Gasteiger partial charge is 0.251 e. The van der Waals surface area contributed by atoms with Crippen LogP contribution in [0.2, 0.25) is 5.02 Å². The minimum Gasteiger partial charge on any atom is -0.352 e. The van der Waals surface area contributed by atoms with E-state index in [4.69, 9.17) is 22.3 Å². The second-order valence-corrected chi connectivity index (χ2v) is 7.08. The topological polar surface area (TPSA) is 92.9 Å². The molecule has 2 aromatic heterocycles. The number of fused-ring (bicyclic) bond motifs is 3. The predicted octanol–water partition coefficient (Wildman–Crippen LogP) is 4.26. The van der Waals surface area contributed by atoms with E-state index < -0.39 is 0 Å².